The smallest absolute Gasteiger partial charge is 0.337 e. The van der Waals surface area contributed by atoms with E-state index in [1.54, 1.807) is 36.4 Å². The molecule has 0 atom stereocenters. The van der Waals surface area contributed by atoms with Gasteiger partial charge in [-0.25, -0.2) is 4.79 Å². The van der Waals surface area contributed by atoms with Crippen LogP contribution < -0.4 is 10.6 Å². The van der Waals surface area contributed by atoms with Crippen LogP contribution in [0.3, 0.4) is 0 Å². The maximum absolute atomic E-state index is 11.9. The van der Waals surface area contributed by atoms with Crippen molar-refractivity contribution in [1.29, 1.82) is 0 Å². The fourth-order valence-electron chi connectivity index (χ4n) is 2.04. The van der Waals surface area contributed by atoms with Crippen LogP contribution in [0.15, 0.2) is 36.4 Å². The van der Waals surface area contributed by atoms with Gasteiger partial charge in [0.25, 0.3) is 5.91 Å². The van der Waals surface area contributed by atoms with E-state index in [-0.39, 0.29) is 17.6 Å². The number of benzene rings is 1. The Balaban J connectivity index is 1.93. The van der Waals surface area contributed by atoms with Crippen LogP contribution in [0, 0.1) is 5.92 Å². The van der Waals surface area contributed by atoms with Crippen molar-refractivity contribution in [2.45, 2.75) is 20.3 Å². The topological polar surface area (TPSA) is 93.2 Å². The second-order valence-corrected chi connectivity index (χ2v) is 5.94. The van der Waals surface area contributed by atoms with Crippen molar-refractivity contribution >= 4 is 23.4 Å². The van der Waals surface area contributed by atoms with Gasteiger partial charge >= 0.3 is 5.97 Å². The highest BCUT2D eigenvalue weighted by atomic mass is 16.5. The number of nitrogens with one attached hydrogen (secondary N) is 2. The van der Waals surface area contributed by atoms with E-state index in [0.29, 0.717) is 23.8 Å². The summed E-state index contributed by atoms with van der Waals surface area (Å²) in [7, 11) is 1.34. The zero-order valence-electron chi connectivity index (χ0n) is 14.6. The average molecular weight is 342 g/mol. The second kappa shape index (κ2) is 8.77. The van der Waals surface area contributed by atoms with E-state index in [2.05, 4.69) is 39.4 Å². The summed E-state index contributed by atoms with van der Waals surface area (Å²) < 4.78 is 4.65. The fourth-order valence-corrected chi connectivity index (χ4v) is 2.04. The van der Waals surface area contributed by atoms with E-state index in [1.165, 1.54) is 7.11 Å². The Labute approximate surface area is 146 Å². The molecule has 2 N–H and O–H groups in total. The van der Waals surface area contributed by atoms with E-state index in [0.717, 1.165) is 12.1 Å². The van der Waals surface area contributed by atoms with Crippen molar-refractivity contribution in [2.24, 2.45) is 5.92 Å². The summed E-state index contributed by atoms with van der Waals surface area (Å²) in [5, 5.41) is 13.8. The number of ether oxygens (including phenoxy) is 1. The molecule has 0 fully saturated rings. The molecule has 1 aromatic heterocycles. The highest BCUT2D eigenvalue weighted by molar-refractivity contribution is 5.92. The Morgan fingerprint density at radius 3 is 2.36 bits per heavy atom. The molecule has 7 nitrogen and oxygen atoms in total. The molecule has 1 aromatic carbocycles. The van der Waals surface area contributed by atoms with Crippen molar-refractivity contribution in [3.05, 3.63) is 47.7 Å². The van der Waals surface area contributed by atoms with Gasteiger partial charge in [0.05, 0.1) is 12.7 Å². The standard InChI is InChI=1S/C18H22N4O3/c1-12(2)10-11-19-17(23)15-8-9-16(22-21-15)20-14-6-4-13(5-7-14)18(24)25-3/h4-9,12H,10-11H2,1-3H3,(H,19,23)(H,20,22). The van der Waals surface area contributed by atoms with Crippen molar-refractivity contribution in [1.82, 2.24) is 15.5 Å². The Hall–Kier alpha value is -2.96. The normalized spacial score (nSPS) is 10.4. The summed E-state index contributed by atoms with van der Waals surface area (Å²) in [4.78, 5) is 23.3. The van der Waals surface area contributed by atoms with Crippen LogP contribution in [0.5, 0.6) is 0 Å². The molecule has 1 amide bonds. The molecule has 0 spiro atoms. The molecule has 132 valence electrons. The van der Waals surface area contributed by atoms with Crippen molar-refractivity contribution in [3.63, 3.8) is 0 Å². The largest absolute Gasteiger partial charge is 0.465 e. The summed E-state index contributed by atoms with van der Waals surface area (Å²) in [6.45, 7) is 4.82. The average Bonchev–Trinajstić information content (AvgIpc) is 2.62. The number of methoxy groups -OCH3 is 1. The number of amides is 1. The Morgan fingerprint density at radius 2 is 1.80 bits per heavy atom. The minimum Gasteiger partial charge on any atom is -0.465 e. The number of carbonyl (C=O) groups excluding carboxylic acids is 2. The Morgan fingerprint density at radius 1 is 1.08 bits per heavy atom. The Bertz CT molecular complexity index is 712. The highest BCUT2D eigenvalue weighted by Gasteiger charge is 2.09. The number of aromatic nitrogens is 2. The van der Waals surface area contributed by atoms with Crippen molar-refractivity contribution in [2.75, 3.05) is 19.0 Å². The third-order valence-electron chi connectivity index (χ3n) is 3.48. The number of carbonyl (C=O) groups is 2. The Kier molecular flexibility index (Phi) is 6.45. The summed E-state index contributed by atoms with van der Waals surface area (Å²) in [6.07, 6.45) is 0.917. The first-order chi connectivity index (χ1) is 12.0. The van der Waals surface area contributed by atoms with E-state index in [1.807, 2.05) is 0 Å². The SMILES string of the molecule is COC(=O)c1ccc(Nc2ccc(C(=O)NCCC(C)C)nn2)cc1. The van der Waals surface area contributed by atoms with Crippen molar-refractivity contribution < 1.29 is 14.3 Å². The van der Waals surface area contributed by atoms with Gasteiger partial charge in [0.15, 0.2) is 11.5 Å². The lowest BCUT2D eigenvalue weighted by molar-refractivity contribution is 0.0600. The molecule has 0 aliphatic heterocycles. The molecule has 0 aliphatic rings. The lowest BCUT2D eigenvalue weighted by Gasteiger charge is -2.08. The van der Waals surface area contributed by atoms with Crippen LogP contribution in [-0.2, 0) is 4.74 Å². The van der Waals surface area contributed by atoms with Crippen LogP contribution >= 0.6 is 0 Å². The predicted octanol–water partition coefficient (Wildman–Crippen LogP) is 2.78. The molecule has 7 heteroatoms. The quantitative estimate of drug-likeness (QED) is 0.752. The molecule has 25 heavy (non-hydrogen) atoms. The molecule has 2 aromatic rings. The lowest BCUT2D eigenvalue weighted by Crippen LogP contribution is -2.26. The fraction of sp³-hybridized carbons (Fsp3) is 0.333. The van der Waals surface area contributed by atoms with E-state index >= 15 is 0 Å². The third kappa shape index (κ3) is 5.56. The van der Waals surface area contributed by atoms with Crippen LogP contribution in [0.4, 0.5) is 11.5 Å². The molecule has 0 saturated heterocycles. The van der Waals surface area contributed by atoms with Gasteiger partial charge in [-0.3, -0.25) is 4.79 Å². The zero-order valence-corrected chi connectivity index (χ0v) is 14.6. The van der Waals surface area contributed by atoms with E-state index in [4.69, 9.17) is 0 Å². The molecular weight excluding hydrogens is 320 g/mol. The van der Waals surface area contributed by atoms with Gasteiger partial charge in [0.1, 0.15) is 0 Å². The molecule has 2 rings (SSSR count). The molecule has 0 unspecified atom stereocenters. The third-order valence-corrected chi connectivity index (χ3v) is 3.48. The predicted molar refractivity (Wildman–Crippen MR) is 94.9 cm³/mol. The van der Waals surface area contributed by atoms with Crippen LogP contribution in [0.2, 0.25) is 0 Å². The lowest BCUT2D eigenvalue weighted by atomic mass is 10.1. The van der Waals surface area contributed by atoms with Crippen LogP contribution in [-0.4, -0.2) is 35.7 Å². The summed E-state index contributed by atoms with van der Waals surface area (Å²) in [5.41, 5.74) is 1.49. The minimum absolute atomic E-state index is 0.234. The number of esters is 1. The molecule has 0 radical (unpaired) electrons. The summed E-state index contributed by atoms with van der Waals surface area (Å²) in [6, 6.07) is 10.1. The maximum Gasteiger partial charge on any atom is 0.337 e. The van der Waals surface area contributed by atoms with Gasteiger partial charge < -0.3 is 15.4 Å². The van der Waals surface area contributed by atoms with Gasteiger partial charge in [-0.2, -0.15) is 0 Å². The van der Waals surface area contributed by atoms with Gasteiger partial charge in [0.2, 0.25) is 0 Å². The highest BCUT2D eigenvalue weighted by Crippen LogP contribution is 2.15. The molecule has 0 bridgehead atoms. The van der Waals surface area contributed by atoms with E-state index in [9.17, 15) is 9.59 Å². The number of rotatable bonds is 7. The molecule has 0 aliphatic carbocycles. The van der Waals surface area contributed by atoms with E-state index < -0.39 is 0 Å². The zero-order chi connectivity index (χ0) is 18.2. The van der Waals surface area contributed by atoms with Gasteiger partial charge in [-0.15, -0.1) is 10.2 Å². The second-order valence-electron chi connectivity index (χ2n) is 5.94. The van der Waals surface area contributed by atoms with Gasteiger partial charge in [0, 0.05) is 12.2 Å². The minimum atomic E-state index is -0.390. The number of nitrogens with zero attached hydrogens (tertiary/aromatic N) is 2. The first-order valence-corrected chi connectivity index (χ1v) is 8.07. The van der Waals surface area contributed by atoms with Crippen LogP contribution in [0.25, 0.3) is 0 Å². The summed E-state index contributed by atoms with van der Waals surface area (Å²) in [5.74, 6) is 0.411. The molecule has 0 saturated carbocycles. The molecular formula is C18H22N4O3. The van der Waals surface area contributed by atoms with Gasteiger partial charge in [-0.05, 0) is 48.7 Å². The number of hydrogen-bond acceptors (Lipinski definition) is 6. The van der Waals surface area contributed by atoms with Gasteiger partial charge in [-0.1, -0.05) is 13.8 Å². The van der Waals surface area contributed by atoms with Crippen molar-refractivity contribution in [3.8, 4) is 0 Å². The number of hydrogen-bond donors (Lipinski definition) is 2. The monoisotopic (exact) mass is 342 g/mol. The first-order valence-electron chi connectivity index (χ1n) is 8.07. The first kappa shape index (κ1) is 18.4. The number of anilines is 2. The summed E-state index contributed by atoms with van der Waals surface area (Å²) >= 11 is 0. The maximum atomic E-state index is 11.9. The van der Waals surface area contributed by atoms with Crippen LogP contribution in [0.1, 0.15) is 41.1 Å². The molecule has 1 heterocycles.